The van der Waals surface area contributed by atoms with Crippen LogP contribution >= 0.6 is 23.2 Å². The van der Waals surface area contributed by atoms with Gasteiger partial charge in [-0.05, 0) is 37.2 Å². The first-order chi connectivity index (χ1) is 10.7. The highest BCUT2D eigenvalue weighted by molar-refractivity contribution is 6.31. The van der Waals surface area contributed by atoms with Crippen molar-refractivity contribution in [2.24, 2.45) is 0 Å². The molecule has 0 aromatic heterocycles. The molecule has 0 heterocycles. The molecule has 0 bridgehead atoms. The first-order valence-corrected chi connectivity index (χ1v) is 7.92. The molecule has 0 saturated heterocycles. The first-order valence-electron chi connectivity index (χ1n) is 7.17. The Morgan fingerprint density at radius 2 is 1.86 bits per heavy atom. The van der Waals surface area contributed by atoms with Crippen LogP contribution in [0.1, 0.15) is 17.5 Å². The van der Waals surface area contributed by atoms with Crippen LogP contribution in [0.15, 0.2) is 42.5 Å². The van der Waals surface area contributed by atoms with Crippen molar-refractivity contribution in [3.05, 3.63) is 63.6 Å². The van der Waals surface area contributed by atoms with Crippen molar-refractivity contribution in [2.75, 3.05) is 13.2 Å². The summed E-state index contributed by atoms with van der Waals surface area (Å²) in [6.45, 7) is 1.97. The van der Waals surface area contributed by atoms with Gasteiger partial charge in [-0.1, -0.05) is 41.4 Å². The topological polar surface area (TPSA) is 41.5 Å². The van der Waals surface area contributed by atoms with Crippen molar-refractivity contribution in [3.8, 4) is 5.75 Å². The molecule has 0 radical (unpaired) electrons. The van der Waals surface area contributed by atoms with E-state index in [0.717, 1.165) is 29.8 Å². The minimum absolute atomic E-state index is 0.179. The average molecular weight is 340 g/mol. The Labute approximate surface area is 140 Å². The zero-order chi connectivity index (χ0) is 15.8. The van der Waals surface area contributed by atoms with E-state index in [2.05, 4.69) is 5.32 Å². The van der Waals surface area contributed by atoms with E-state index in [4.69, 9.17) is 33.0 Å². The van der Waals surface area contributed by atoms with Crippen molar-refractivity contribution in [3.63, 3.8) is 0 Å². The van der Waals surface area contributed by atoms with Gasteiger partial charge in [0, 0.05) is 34.3 Å². The van der Waals surface area contributed by atoms with Crippen LogP contribution in [0.5, 0.6) is 5.75 Å². The molecule has 0 unspecified atom stereocenters. The molecule has 2 aromatic carbocycles. The SMILES string of the molecule is OCCCNCc1cc(Cl)ccc1OCc1ccccc1Cl. The zero-order valence-corrected chi connectivity index (χ0v) is 13.7. The molecule has 5 heteroatoms. The molecule has 0 spiro atoms. The van der Waals surface area contributed by atoms with Crippen molar-refractivity contribution in [1.29, 1.82) is 0 Å². The summed E-state index contributed by atoms with van der Waals surface area (Å²) in [6, 6.07) is 13.2. The van der Waals surface area contributed by atoms with Crippen LogP contribution in [-0.4, -0.2) is 18.3 Å². The Balaban J connectivity index is 2.01. The van der Waals surface area contributed by atoms with Gasteiger partial charge in [0.2, 0.25) is 0 Å². The van der Waals surface area contributed by atoms with Crippen molar-refractivity contribution in [2.45, 2.75) is 19.6 Å². The molecule has 3 nitrogen and oxygen atoms in total. The maximum absolute atomic E-state index is 8.80. The third kappa shape index (κ3) is 5.18. The second kappa shape index (κ2) is 9.01. The number of rotatable bonds is 8. The lowest BCUT2D eigenvalue weighted by Crippen LogP contribution is -2.16. The third-order valence-electron chi connectivity index (χ3n) is 3.19. The summed E-state index contributed by atoms with van der Waals surface area (Å²) < 4.78 is 5.88. The summed E-state index contributed by atoms with van der Waals surface area (Å²) >= 11 is 12.2. The Hall–Kier alpha value is -1.26. The van der Waals surface area contributed by atoms with Crippen LogP contribution < -0.4 is 10.1 Å². The molecule has 0 fully saturated rings. The summed E-state index contributed by atoms with van der Waals surface area (Å²) in [5, 5.41) is 13.4. The molecule has 0 aliphatic heterocycles. The quantitative estimate of drug-likeness (QED) is 0.713. The molecule has 118 valence electrons. The largest absolute Gasteiger partial charge is 0.489 e. The van der Waals surface area contributed by atoms with E-state index in [1.54, 1.807) is 6.07 Å². The molecule has 2 rings (SSSR count). The van der Waals surface area contributed by atoms with E-state index in [0.29, 0.717) is 23.2 Å². The summed E-state index contributed by atoms with van der Waals surface area (Å²) in [5.74, 6) is 0.779. The van der Waals surface area contributed by atoms with Gasteiger partial charge in [0.15, 0.2) is 0 Å². The van der Waals surface area contributed by atoms with Crippen molar-refractivity contribution < 1.29 is 9.84 Å². The van der Waals surface area contributed by atoms with Gasteiger partial charge in [-0.15, -0.1) is 0 Å². The fourth-order valence-corrected chi connectivity index (χ4v) is 2.41. The second-order valence-corrected chi connectivity index (χ2v) is 5.73. The van der Waals surface area contributed by atoms with Crippen molar-refractivity contribution in [1.82, 2.24) is 5.32 Å². The lowest BCUT2D eigenvalue weighted by Gasteiger charge is -2.13. The summed E-state index contributed by atoms with van der Waals surface area (Å²) in [4.78, 5) is 0. The van der Waals surface area contributed by atoms with Crippen LogP contribution in [-0.2, 0) is 13.2 Å². The Morgan fingerprint density at radius 1 is 1.05 bits per heavy atom. The van der Waals surface area contributed by atoms with Gasteiger partial charge < -0.3 is 15.2 Å². The van der Waals surface area contributed by atoms with E-state index in [9.17, 15) is 0 Å². The fourth-order valence-electron chi connectivity index (χ4n) is 2.03. The number of hydrogen-bond acceptors (Lipinski definition) is 3. The molecular formula is C17H19Cl2NO2. The maximum Gasteiger partial charge on any atom is 0.124 e. The number of benzene rings is 2. The van der Waals surface area contributed by atoms with Crippen LogP contribution in [0.4, 0.5) is 0 Å². The molecule has 22 heavy (non-hydrogen) atoms. The van der Waals surface area contributed by atoms with Crippen LogP contribution in [0.3, 0.4) is 0 Å². The molecule has 0 atom stereocenters. The highest BCUT2D eigenvalue weighted by atomic mass is 35.5. The van der Waals surface area contributed by atoms with E-state index in [-0.39, 0.29) is 6.61 Å². The summed E-state index contributed by atoms with van der Waals surface area (Å²) in [6.07, 6.45) is 0.719. The summed E-state index contributed by atoms with van der Waals surface area (Å²) in [5.41, 5.74) is 1.93. The van der Waals surface area contributed by atoms with Gasteiger partial charge in [-0.3, -0.25) is 0 Å². The standard InChI is InChI=1S/C17H19Cl2NO2/c18-15-6-7-17(14(10-15)11-20-8-3-9-21)22-12-13-4-1-2-5-16(13)19/h1-2,4-7,10,20-21H,3,8-9,11-12H2. The second-order valence-electron chi connectivity index (χ2n) is 4.89. The van der Waals surface area contributed by atoms with Crippen LogP contribution in [0.25, 0.3) is 0 Å². The number of halogens is 2. The fraction of sp³-hybridized carbons (Fsp3) is 0.294. The van der Waals surface area contributed by atoms with E-state index >= 15 is 0 Å². The molecule has 2 aromatic rings. The smallest absolute Gasteiger partial charge is 0.124 e. The van der Waals surface area contributed by atoms with Gasteiger partial charge >= 0.3 is 0 Å². The number of hydrogen-bond donors (Lipinski definition) is 2. The Bertz CT molecular complexity index is 605. The Kier molecular flexibility index (Phi) is 7.00. The first kappa shape index (κ1) is 17.1. The van der Waals surface area contributed by atoms with Gasteiger partial charge in [-0.2, -0.15) is 0 Å². The lowest BCUT2D eigenvalue weighted by atomic mass is 10.2. The summed E-state index contributed by atoms with van der Waals surface area (Å²) in [7, 11) is 0. The molecule has 0 aliphatic rings. The maximum atomic E-state index is 8.80. The Morgan fingerprint density at radius 3 is 2.64 bits per heavy atom. The number of aliphatic hydroxyl groups excluding tert-OH is 1. The highest BCUT2D eigenvalue weighted by Gasteiger charge is 2.06. The van der Waals surface area contributed by atoms with Gasteiger partial charge in [0.1, 0.15) is 12.4 Å². The van der Waals surface area contributed by atoms with Gasteiger partial charge in [0.05, 0.1) is 0 Å². The van der Waals surface area contributed by atoms with Crippen LogP contribution in [0.2, 0.25) is 10.0 Å². The minimum atomic E-state index is 0.179. The predicted molar refractivity (Wildman–Crippen MR) is 90.6 cm³/mol. The molecule has 2 N–H and O–H groups in total. The number of ether oxygens (including phenoxy) is 1. The molecule has 0 aliphatic carbocycles. The number of nitrogens with one attached hydrogen (secondary N) is 1. The van der Waals surface area contributed by atoms with Crippen molar-refractivity contribution >= 4 is 23.2 Å². The lowest BCUT2D eigenvalue weighted by molar-refractivity contribution is 0.285. The van der Waals surface area contributed by atoms with Crippen LogP contribution in [0, 0.1) is 0 Å². The third-order valence-corrected chi connectivity index (χ3v) is 3.79. The molecular weight excluding hydrogens is 321 g/mol. The normalized spacial score (nSPS) is 10.7. The van der Waals surface area contributed by atoms with E-state index in [1.807, 2.05) is 36.4 Å². The monoisotopic (exact) mass is 339 g/mol. The molecule has 0 saturated carbocycles. The van der Waals surface area contributed by atoms with E-state index in [1.165, 1.54) is 0 Å². The average Bonchev–Trinajstić information content (AvgIpc) is 2.52. The molecule has 0 amide bonds. The van der Waals surface area contributed by atoms with Gasteiger partial charge in [0.25, 0.3) is 0 Å². The van der Waals surface area contributed by atoms with Gasteiger partial charge in [-0.25, -0.2) is 0 Å². The minimum Gasteiger partial charge on any atom is -0.489 e. The predicted octanol–water partition coefficient (Wildman–Crippen LogP) is 4.04. The number of aliphatic hydroxyl groups is 1. The highest BCUT2D eigenvalue weighted by Crippen LogP contribution is 2.25. The van der Waals surface area contributed by atoms with E-state index < -0.39 is 0 Å². The zero-order valence-electron chi connectivity index (χ0n) is 12.2.